The Morgan fingerprint density at radius 2 is 1.49 bits per heavy atom. The molecule has 0 saturated carbocycles. The Morgan fingerprint density at radius 1 is 0.821 bits per heavy atom. The molecule has 4 aromatic carbocycles. The number of hydroxylamine groups is 1. The van der Waals surface area contributed by atoms with E-state index in [2.05, 4.69) is 20.8 Å². The quantitative estimate of drug-likeness (QED) is 0.173. The Bertz CT molecular complexity index is 1530. The van der Waals surface area contributed by atoms with Crippen molar-refractivity contribution in [3.05, 3.63) is 125 Å². The Balaban J connectivity index is 1.47. The summed E-state index contributed by atoms with van der Waals surface area (Å²) in [5.41, 5.74) is 5.25. The molecule has 0 aliphatic carbocycles. The molecule has 1 unspecified atom stereocenters. The number of ether oxygens (including phenoxy) is 2. The minimum atomic E-state index is -1.37. The maximum Gasteiger partial charge on any atom is 0.516 e. The fourth-order valence-electron chi connectivity index (χ4n) is 3.67. The van der Waals surface area contributed by atoms with Crippen LogP contribution >= 0.6 is 11.6 Å². The van der Waals surface area contributed by atoms with Crippen molar-refractivity contribution in [3.63, 3.8) is 0 Å². The third-order valence-corrected chi connectivity index (χ3v) is 5.64. The van der Waals surface area contributed by atoms with E-state index in [4.69, 9.17) is 25.9 Å². The van der Waals surface area contributed by atoms with Gasteiger partial charge in [-0.05, 0) is 42.5 Å². The maximum absolute atomic E-state index is 12.8. The molecule has 1 heterocycles. The predicted octanol–water partition coefficient (Wildman–Crippen LogP) is 6.52. The lowest BCUT2D eigenvalue weighted by atomic mass is 10.0. The van der Waals surface area contributed by atoms with Crippen LogP contribution in [0.25, 0.3) is 0 Å². The van der Waals surface area contributed by atoms with Crippen LogP contribution in [-0.2, 0) is 9.57 Å². The van der Waals surface area contributed by atoms with Gasteiger partial charge < -0.3 is 14.3 Å². The number of anilines is 1. The predicted molar refractivity (Wildman–Crippen MR) is 148 cm³/mol. The van der Waals surface area contributed by atoms with Crippen LogP contribution in [-0.4, -0.2) is 30.0 Å². The van der Waals surface area contributed by atoms with Gasteiger partial charge in [0.25, 0.3) is 6.23 Å². The molecule has 0 bridgehead atoms. The molecule has 0 spiro atoms. The van der Waals surface area contributed by atoms with Crippen molar-refractivity contribution in [2.75, 3.05) is 5.32 Å². The zero-order valence-electron chi connectivity index (χ0n) is 20.3. The molecular formula is C29H21ClN4O5. The number of carbonyl (C=O) groups excluding carboxylic acids is 2. The van der Waals surface area contributed by atoms with Crippen LogP contribution in [0.1, 0.15) is 11.1 Å². The second kappa shape index (κ2) is 11.9. The third kappa shape index (κ3) is 6.60. The van der Waals surface area contributed by atoms with Crippen LogP contribution in [0.15, 0.2) is 119 Å². The molecule has 1 aliphatic rings. The smallest absolute Gasteiger partial charge is 0.400 e. The molecule has 39 heavy (non-hydrogen) atoms. The van der Waals surface area contributed by atoms with Gasteiger partial charge in [0.2, 0.25) is 5.84 Å². The Morgan fingerprint density at radius 3 is 2.21 bits per heavy atom. The molecule has 0 saturated heterocycles. The van der Waals surface area contributed by atoms with Crippen LogP contribution in [0.4, 0.5) is 21.0 Å². The van der Waals surface area contributed by atoms with Gasteiger partial charge in [0.05, 0.1) is 11.4 Å². The second-order valence-corrected chi connectivity index (χ2v) is 8.56. The number of rotatable bonds is 4. The molecule has 1 amide bonds. The third-order valence-electron chi connectivity index (χ3n) is 5.40. The molecule has 0 radical (unpaired) electrons. The number of amidine groups is 1. The zero-order valence-corrected chi connectivity index (χ0v) is 21.0. The SMILES string of the molecule is O=C(Nc1ccccc1)ONC1=Nc2ccc(Cl)cc2C(c2ccccc2)=NC1OC(=O)Oc1ccccc1. The van der Waals surface area contributed by atoms with Crippen molar-refractivity contribution in [1.82, 2.24) is 5.48 Å². The summed E-state index contributed by atoms with van der Waals surface area (Å²) in [5, 5.41) is 3.04. The molecule has 1 atom stereocenters. The van der Waals surface area contributed by atoms with E-state index in [1.54, 1.807) is 72.8 Å². The molecule has 194 valence electrons. The van der Waals surface area contributed by atoms with Gasteiger partial charge in [0.1, 0.15) is 5.75 Å². The van der Waals surface area contributed by atoms with Crippen molar-refractivity contribution in [2.45, 2.75) is 6.23 Å². The second-order valence-electron chi connectivity index (χ2n) is 8.12. The van der Waals surface area contributed by atoms with Gasteiger partial charge >= 0.3 is 12.2 Å². The summed E-state index contributed by atoms with van der Waals surface area (Å²) in [4.78, 5) is 39.6. The fourth-order valence-corrected chi connectivity index (χ4v) is 3.85. The van der Waals surface area contributed by atoms with Crippen molar-refractivity contribution in [3.8, 4) is 5.75 Å². The molecular weight excluding hydrogens is 520 g/mol. The van der Waals surface area contributed by atoms with Crippen LogP contribution in [0.3, 0.4) is 0 Å². The highest BCUT2D eigenvalue weighted by Crippen LogP contribution is 2.30. The molecule has 1 aliphatic heterocycles. The summed E-state index contributed by atoms with van der Waals surface area (Å²) in [6, 6.07) is 31.5. The molecule has 4 aromatic rings. The van der Waals surface area contributed by atoms with Gasteiger partial charge in [-0.15, -0.1) is 0 Å². The van der Waals surface area contributed by atoms with Crippen LogP contribution < -0.4 is 15.5 Å². The lowest BCUT2D eigenvalue weighted by molar-refractivity contribution is 0.0776. The van der Waals surface area contributed by atoms with E-state index in [-0.39, 0.29) is 11.6 Å². The summed E-state index contributed by atoms with van der Waals surface area (Å²) in [5.74, 6) is 0.209. The lowest BCUT2D eigenvalue weighted by Gasteiger charge is -2.17. The topological polar surface area (TPSA) is 111 Å². The number of hydrogen-bond acceptors (Lipinski definition) is 8. The van der Waals surface area contributed by atoms with Gasteiger partial charge in [-0.25, -0.2) is 19.6 Å². The van der Waals surface area contributed by atoms with E-state index in [9.17, 15) is 9.59 Å². The van der Waals surface area contributed by atoms with E-state index in [1.165, 1.54) is 0 Å². The number of nitrogens with one attached hydrogen (secondary N) is 2. The fraction of sp³-hybridized carbons (Fsp3) is 0.0345. The largest absolute Gasteiger partial charge is 0.516 e. The van der Waals surface area contributed by atoms with Gasteiger partial charge in [-0.2, -0.15) is 5.48 Å². The summed E-state index contributed by atoms with van der Waals surface area (Å²) < 4.78 is 10.9. The van der Waals surface area contributed by atoms with Crippen LogP contribution in [0.2, 0.25) is 5.02 Å². The van der Waals surface area contributed by atoms with Crippen molar-refractivity contribution in [1.29, 1.82) is 0 Å². The monoisotopic (exact) mass is 540 g/mol. The number of para-hydroxylation sites is 2. The number of fused-ring (bicyclic) bond motifs is 1. The highest BCUT2D eigenvalue weighted by Gasteiger charge is 2.29. The highest BCUT2D eigenvalue weighted by molar-refractivity contribution is 6.31. The number of benzene rings is 4. The van der Waals surface area contributed by atoms with Gasteiger partial charge in [-0.3, -0.25) is 5.32 Å². The van der Waals surface area contributed by atoms with E-state index in [1.807, 2.05) is 36.4 Å². The lowest BCUT2D eigenvalue weighted by Crippen LogP contribution is -2.39. The van der Waals surface area contributed by atoms with Crippen LogP contribution in [0.5, 0.6) is 5.75 Å². The summed E-state index contributed by atoms with van der Waals surface area (Å²) >= 11 is 6.31. The van der Waals surface area contributed by atoms with Crippen molar-refractivity contribution >= 4 is 46.8 Å². The number of amides is 1. The van der Waals surface area contributed by atoms with Crippen molar-refractivity contribution < 1.29 is 23.9 Å². The molecule has 2 N–H and O–H groups in total. The first-order valence-electron chi connectivity index (χ1n) is 11.8. The van der Waals surface area contributed by atoms with E-state index in [0.717, 1.165) is 5.56 Å². The average molecular weight is 541 g/mol. The minimum Gasteiger partial charge on any atom is -0.400 e. The van der Waals surface area contributed by atoms with E-state index in [0.29, 0.717) is 27.7 Å². The first-order chi connectivity index (χ1) is 19.0. The Hall–Kier alpha value is -5.15. The Kier molecular flexibility index (Phi) is 7.80. The number of carbonyl (C=O) groups is 2. The van der Waals surface area contributed by atoms with Crippen LogP contribution in [0, 0.1) is 0 Å². The summed E-state index contributed by atoms with van der Waals surface area (Å²) in [6.45, 7) is 0. The molecule has 0 aromatic heterocycles. The molecule has 5 rings (SSSR count). The first-order valence-corrected chi connectivity index (χ1v) is 12.2. The summed E-state index contributed by atoms with van der Waals surface area (Å²) in [6.07, 6.45) is -3.22. The average Bonchev–Trinajstić information content (AvgIpc) is 3.10. The first kappa shape index (κ1) is 25.5. The van der Waals surface area contributed by atoms with Crippen molar-refractivity contribution in [2.24, 2.45) is 9.98 Å². The minimum absolute atomic E-state index is 0.0715. The number of nitrogens with zero attached hydrogens (tertiary/aromatic N) is 2. The standard InChI is InChI=1S/C29H21ClN4O5/c30-20-16-17-24-23(18-20)25(19-10-4-1-5-11-19)33-27(38-29(36)37-22-14-8-3-9-15-22)26(32-24)34-39-28(35)31-21-12-6-2-7-13-21/h1-18,27H,(H,31,35)(H,32,34). The normalized spacial score (nSPS) is 14.0. The number of halogens is 1. The van der Waals surface area contributed by atoms with Gasteiger partial charge in [0, 0.05) is 21.8 Å². The maximum atomic E-state index is 12.8. The number of aliphatic imine (C=N–C) groups is 2. The molecule has 0 fully saturated rings. The van der Waals surface area contributed by atoms with E-state index < -0.39 is 18.5 Å². The molecule has 9 nitrogen and oxygen atoms in total. The highest BCUT2D eigenvalue weighted by atomic mass is 35.5. The zero-order chi connectivity index (χ0) is 27.0. The Labute approximate surface area is 228 Å². The molecule has 10 heteroatoms. The van der Waals surface area contributed by atoms with E-state index >= 15 is 0 Å². The number of hydrogen-bond donors (Lipinski definition) is 2. The van der Waals surface area contributed by atoms with Gasteiger partial charge in [0.15, 0.2) is 0 Å². The van der Waals surface area contributed by atoms with Gasteiger partial charge in [-0.1, -0.05) is 78.3 Å². The summed E-state index contributed by atoms with van der Waals surface area (Å²) in [7, 11) is 0.